The largest absolute Gasteiger partial charge is 0.493 e. The van der Waals surface area contributed by atoms with Gasteiger partial charge in [-0.2, -0.15) is 0 Å². The number of ether oxygens (including phenoxy) is 2. The van der Waals surface area contributed by atoms with Crippen LogP contribution in [0.4, 0.5) is 0 Å². The summed E-state index contributed by atoms with van der Waals surface area (Å²) in [5.74, 6) is 0.354. The van der Waals surface area contributed by atoms with Gasteiger partial charge in [-0.25, -0.2) is 4.79 Å². The third kappa shape index (κ3) is 1.79. The highest BCUT2D eigenvalue weighted by molar-refractivity contribution is 5.68. The van der Waals surface area contributed by atoms with E-state index in [1.54, 1.807) is 12.1 Å². The molecule has 0 unspecified atom stereocenters. The molecular formula is C10H10O4. The zero-order valence-corrected chi connectivity index (χ0v) is 7.53. The first-order chi connectivity index (χ1) is 6.75. The average molecular weight is 194 g/mol. The Kier molecular flexibility index (Phi) is 2.26. The van der Waals surface area contributed by atoms with Crippen LogP contribution in [0.2, 0.25) is 0 Å². The highest BCUT2D eigenvalue weighted by Crippen LogP contribution is 2.29. The van der Waals surface area contributed by atoms with Crippen molar-refractivity contribution in [2.24, 2.45) is 0 Å². The maximum Gasteiger partial charge on any atom is 0.341 e. The Morgan fingerprint density at radius 3 is 3.21 bits per heavy atom. The number of rotatable bonds is 3. The normalized spacial score (nSPS) is 13.1. The molecule has 0 radical (unpaired) electrons. The molecule has 14 heavy (non-hydrogen) atoms. The van der Waals surface area contributed by atoms with Gasteiger partial charge in [-0.1, -0.05) is 6.07 Å². The topological polar surface area (TPSA) is 55.8 Å². The molecule has 1 N–H and O–H groups in total. The smallest absolute Gasteiger partial charge is 0.341 e. The van der Waals surface area contributed by atoms with Gasteiger partial charge in [0, 0.05) is 12.5 Å². The summed E-state index contributed by atoms with van der Waals surface area (Å²) in [5.41, 5.74) is 1.15. The van der Waals surface area contributed by atoms with Crippen LogP contribution in [0.25, 0.3) is 0 Å². The molecule has 0 aromatic heterocycles. The van der Waals surface area contributed by atoms with Crippen molar-refractivity contribution < 1.29 is 19.4 Å². The van der Waals surface area contributed by atoms with Crippen LogP contribution in [0.5, 0.6) is 11.5 Å². The van der Waals surface area contributed by atoms with E-state index in [0.717, 1.165) is 17.7 Å². The van der Waals surface area contributed by atoms with Gasteiger partial charge in [0.25, 0.3) is 0 Å². The van der Waals surface area contributed by atoms with Crippen LogP contribution < -0.4 is 9.47 Å². The molecular weight excluding hydrogens is 184 g/mol. The van der Waals surface area contributed by atoms with Crippen molar-refractivity contribution >= 4 is 5.97 Å². The molecule has 1 aliphatic rings. The molecule has 4 heteroatoms. The van der Waals surface area contributed by atoms with Gasteiger partial charge in [-0.15, -0.1) is 0 Å². The van der Waals surface area contributed by atoms with Gasteiger partial charge in [0.15, 0.2) is 6.61 Å². The number of benzene rings is 1. The molecule has 74 valence electrons. The second kappa shape index (κ2) is 3.57. The second-order valence-electron chi connectivity index (χ2n) is 3.05. The molecule has 0 bridgehead atoms. The predicted molar refractivity (Wildman–Crippen MR) is 48.8 cm³/mol. The molecule has 4 nitrogen and oxygen atoms in total. The Balaban J connectivity index is 2.09. The summed E-state index contributed by atoms with van der Waals surface area (Å²) in [6, 6.07) is 5.39. The molecule has 0 atom stereocenters. The molecule has 0 amide bonds. The summed E-state index contributed by atoms with van der Waals surface area (Å²) in [4.78, 5) is 10.3. The van der Waals surface area contributed by atoms with Crippen LogP contribution in [0, 0.1) is 0 Å². The second-order valence-corrected chi connectivity index (χ2v) is 3.05. The minimum absolute atomic E-state index is 0.321. The van der Waals surface area contributed by atoms with Crippen LogP contribution in [0.15, 0.2) is 18.2 Å². The van der Waals surface area contributed by atoms with Crippen molar-refractivity contribution in [1.29, 1.82) is 0 Å². The Bertz CT molecular complexity index is 359. The van der Waals surface area contributed by atoms with Crippen molar-refractivity contribution in [3.8, 4) is 11.5 Å². The lowest BCUT2D eigenvalue weighted by atomic mass is 10.2. The van der Waals surface area contributed by atoms with E-state index in [9.17, 15) is 4.79 Å². The Morgan fingerprint density at radius 1 is 1.57 bits per heavy atom. The monoisotopic (exact) mass is 194 g/mol. The SMILES string of the molecule is O=C(O)COc1ccc2c(c1)OCC2. The molecule has 0 aliphatic carbocycles. The minimum Gasteiger partial charge on any atom is -0.493 e. The van der Waals surface area contributed by atoms with E-state index in [-0.39, 0.29) is 6.61 Å². The number of hydrogen-bond acceptors (Lipinski definition) is 3. The summed E-state index contributed by atoms with van der Waals surface area (Å²) in [5, 5.41) is 8.41. The number of fused-ring (bicyclic) bond motifs is 1. The molecule has 1 aromatic carbocycles. The third-order valence-electron chi connectivity index (χ3n) is 2.03. The van der Waals surface area contributed by atoms with Crippen LogP contribution in [0.3, 0.4) is 0 Å². The van der Waals surface area contributed by atoms with E-state index in [4.69, 9.17) is 14.6 Å². The van der Waals surface area contributed by atoms with E-state index in [1.807, 2.05) is 6.07 Å². The first kappa shape index (κ1) is 8.87. The first-order valence-electron chi connectivity index (χ1n) is 4.36. The fraction of sp³-hybridized carbons (Fsp3) is 0.300. The molecule has 1 aromatic rings. The van der Waals surface area contributed by atoms with E-state index < -0.39 is 5.97 Å². The van der Waals surface area contributed by atoms with Crippen molar-refractivity contribution in [3.63, 3.8) is 0 Å². The number of hydrogen-bond donors (Lipinski definition) is 1. The minimum atomic E-state index is -0.980. The summed E-state index contributed by atoms with van der Waals surface area (Å²) in [6.45, 7) is 0.372. The van der Waals surface area contributed by atoms with Crippen molar-refractivity contribution in [3.05, 3.63) is 23.8 Å². The lowest BCUT2D eigenvalue weighted by Crippen LogP contribution is -2.09. The molecule has 1 heterocycles. The number of carboxylic acid groups (broad SMARTS) is 1. The van der Waals surface area contributed by atoms with Crippen LogP contribution in [-0.2, 0) is 11.2 Å². The molecule has 1 aliphatic heterocycles. The Labute approximate surface area is 81.1 Å². The fourth-order valence-corrected chi connectivity index (χ4v) is 1.38. The Morgan fingerprint density at radius 2 is 2.43 bits per heavy atom. The highest BCUT2D eigenvalue weighted by Gasteiger charge is 2.12. The van der Waals surface area contributed by atoms with Gasteiger partial charge in [0.05, 0.1) is 6.61 Å². The van der Waals surface area contributed by atoms with E-state index in [1.165, 1.54) is 0 Å². The summed E-state index contributed by atoms with van der Waals surface area (Å²) < 4.78 is 10.3. The predicted octanol–water partition coefficient (Wildman–Crippen LogP) is 1.08. The maximum absolute atomic E-state index is 10.3. The Hall–Kier alpha value is -1.71. The third-order valence-corrected chi connectivity index (χ3v) is 2.03. The van der Waals surface area contributed by atoms with Crippen molar-refractivity contribution in [2.75, 3.05) is 13.2 Å². The van der Waals surface area contributed by atoms with Crippen LogP contribution in [-0.4, -0.2) is 24.3 Å². The van der Waals surface area contributed by atoms with Crippen molar-refractivity contribution in [2.45, 2.75) is 6.42 Å². The molecule has 2 rings (SSSR count). The van der Waals surface area contributed by atoms with Gasteiger partial charge in [0.2, 0.25) is 0 Å². The quantitative estimate of drug-likeness (QED) is 0.782. The number of aliphatic carboxylic acids is 1. The lowest BCUT2D eigenvalue weighted by Gasteiger charge is -2.04. The van der Waals surface area contributed by atoms with Gasteiger partial charge in [-0.05, 0) is 11.6 Å². The van der Waals surface area contributed by atoms with E-state index in [2.05, 4.69) is 0 Å². The summed E-state index contributed by atoms with van der Waals surface area (Å²) in [7, 11) is 0. The van der Waals surface area contributed by atoms with Crippen LogP contribution >= 0.6 is 0 Å². The molecule has 0 fully saturated rings. The number of carbonyl (C=O) groups is 1. The lowest BCUT2D eigenvalue weighted by molar-refractivity contribution is -0.139. The van der Waals surface area contributed by atoms with Crippen molar-refractivity contribution in [1.82, 2.24) is 0 Å². The first-order valence-corrected chi connectivity index (χ1v) is 4.36. The maximum atomic E-state index is 10.3. The zero-order valence-electron chi connectivity index (χ0n) is 7.53. The van der Waals surface area contributed by atoms with E-state index in [0.29, 0.717) is 12.4 Å². The zero-order chi connectivity index (χ0) is 9.97. The van der Waals surface area contributed by atoms with Gasteiger partial charge >= 0.3 is 5.97 Å². The molecule has 0 saturated carbocycles. The van der Waals surface area contributed by atoms with Gasteiger partial charge in [-0.3, -0.25) is 0 Å². The van der Waals surface area contributed by atoms with E-state index >= 15 is 0 Å². The highest BCUT2D eigenvalue weighted by atomic mass is 16.5. The fourth-order valence-electron chi connectivity index (χ4n) is 1.38. The average Bonchev–Trinajstić information content (AvgIpc) is 2.61. The summed E-state index contributed by atoms with van der Waals surface area (Å²) >= 11 is 0. The standard InChI is InChI=1S/C10H10O4/c11-10(12)6-14-8-2-1-7-3-4-13-9(7)5-8/h1-2,5H,3-4,6H2,(H,11,12). The number of carboxylic acids is 1. The molecule has 0 saturated heterocycles. The van der Waals surface area contributed by atoms with Gasteiger partial charge in [0.1, 0.15) is 11.5 Å². The van der Waals surface area contributed by atoms with Crippen LogP contribution in [0.1, 0.15) is 5.56 Å². The summed E-state index contributed by atoms with van der Waals surface area (Å²) in [6.07, 6.45) is 0.911. The molecule has 0 spiro atoms. The van der Waals surface area contributed by atoms with Gasteiger partial charge < -0.3 is 14.6 Å².